The Hall–Kier alpha value is -2.68. The summed E-state index contributed by atoms with van der Waals surface area (Å²) in [6, 6.07) is 10.7. The van der Waals surface area contributed by atoms with Crippen LogP contribution in [0.4, 0.5) is 5.69 Å². The van der Waals surface area contributed by atoms with E-state index in [1.165, 1.54) is 22.5 Å². The van der Waals surface area contributed by atoms with E-state index in [-0.39, 0.29) is 39.4 Å². The highest BCUT2D eigenvalue weighted by molar-refractivity contribution is 7.89. The fourth-order valence-corrected chi connectivity index (χ4v) is 5.69. The van der Waals surface area contributed by atoms with Gasteiger partial charge < -0.3 is 10.6 Å². The largest absolute Gasteiger partial charge is 0.349 e. The molecule has 2 N–H and O–H groups in total. The summed E-state index contributed by atoms with van der Waals surface area (Å²) in [5.74, 6) is -0.652. The fourth-order valence-electron chi connectivity index (χ4n) is 3.59. The summed E-state index contributed by atoms with van der Waals surface area (Å²) < 4.78 is 27.8. The van der Waals surface area contributed by atoms with Gasteiger partial charge in [-0.3, -0.25) is 9.59 Å². The number of sulfonamides is 1. The molecule has 0 aromatic heterocycles. The minimum absolute atomic E-state index is 0.0592. The third-order valence-corrected chi connectivity index (χ3v) is 7.60. The van der Waals surface area contributed by atoms with Crippen molar-refractivity contribution in [3.05, 3.63) is 71.3 Å². The smallest absolute Gasteiger partial charge is 0.255 e. The van der Waals surface area contributed by atoms with Gasteiger partial charge in [0, 0.05) is 25.2 Å². The topological polar surface area (TPSA) is 95.6 Å². The zero-order valence-corrected chi connectivity index (χ0v) is 19.4. The monoisotopic (exact) mass is 475 g/mol. The van der Waals surface area contributed by atoms with E-state index in [2.05, 4.69) is 17.2 Å². The first kappa shape index (κ1) is 24.0. The SMILES string of the molecule is C=CCNC(=O)c1ccccc1NC(=O)c1ccc(Cl)c(S(=O)(=O)N2CCCC(C)C2)c1. The molecule has 0 saturated carbocycles. The second-order valence-electron chi connectivity index (χ2n) is 7.75. The van der Waals surface area contributed by atoms with Crippen molar-refractivity contribution in [3.8, 4) is 0 Å². The maximum atomic E-state index is 13.2. The van der Waals surface area contributed by atoms with Crippen LogP contribution in [0.15, 0.2) is 60.0 Å². The zero-order valence-electron chi connectivity index (χ0n) is 17.8. The summed E-state index contributed by atoms with van der Waals surface area (Å²) in [5, 5.41) is 5.42. The van der Waals surface area contributed by atoms with Crippen LogP contribution >= 0.6 is 11.6 Å². The molecule has 32 heavy (non-hydrogen) atoms. The summed E-state index contributed by atoms with van der Waals surface area (Å²) in [6.07, 6.45) is 3.31. The van der Waals surface area contributed by atoms with Crippen molar-refractivity contribution in [3.63, 3.8) is 0 Å². The second kappa shape index (κ2) is 10.3. The Labute approximate surface area is 193 Å². The van der Waals surface area contributed by atoms with Crippen molar-refractivity contribution in [2.75, 3.05) is 25.0 Å². The van der Waals surface area contributed by atoms with Crippen LogP contribution in [0.2, 0.25) is 5.02 Å². The van der Waals surface area contributed by atoms with Crippen LogP contribution in [0.25, 0.3) is 0 Å². The normalized spacial score (nSPS) is 16.9. The zero-order chi connectivity index (χ0) is 23.3. The Kier molecular flexibility index (Phi) is 7.71. The van der Waals surface area contributed by atoms with Crippen molar-refractivity contribution in [1.82, 2.24) is 9.62 Å². The van der Waals surface area contributed by atoms with Crippen LogP contribution in [-0.4, -0.2) is 44.2 Å². The molecule has 0 bridgehead atoms. The minimum atomic E-state index is -3.84. The molecule has 1 atom stereocenters. The number of carbonyl (C=O) groups is 2. The highest BCUT2D eigenvalue weighted by Crippen LogP contribution is 2.29. The molecule has 2 aromatic carbocycles. The number of anilines is 1. The van der Waals surface area contributed by atoms with Crippen molar-refractivity contribution in [2.24, 2.45) is 5.92 Å². The lowest BCUT2D eigenvalue weighted by atomic mass is 10.0. The first-order valence-electron chi connectivity index (χ1n) is 10.3. The highest BCUT2D eigenvalue weighted by atomic mass is 35.5. The number of nitrogens with one attached hydrogen (secondary N) is 2. The molecule has 1 heterocycles. The molecule has 1 unspecified atom stereocenters. The fraction of sp³-hybridized carbons (Fsp3) is 0.304. The lowest BCUT2D eigenvalue weighted by molar-refractivity contribution is 0.0959. The number of rotatable bonds is 7. The minimum Gasteiger partial charge on any atom is -0.349 e. The van der Waals surface area contributed by atoms with Gasteiger partial charge in [-0.1, -0.05) is 36.7 Å². The maximum absolute atomic E-state index is 13.2. The number of amides is 2. The molecular weight excluding hydrogens is 450 g/mol. The predicted octanol–water partition coefficient (Wildman–Crippen LogP) is 3.93. The Morgan fingerprint density at radius 2 is 1.97 bits per heavy atom. The van der Waals surface area contributed by atoms with Gasteiger partial charge in [-0.2, -0.15) is 4.31 Å². The number of hydrogen-bond acceptors (Lipinski definition) is 4. The van der Waals surface area contributed by atoms with Crippen LogP contribution in [0.1, 0.15) is 40.5 Å². The van der Waals surface area contributed by atoms with Crippen LogP contribution in [-0.2, 0) is 10.0 Å². The molecule has 0 spiro atoms. The number of nitrogens with zero attached hydrogens (tertiary/aromatic N) is 1. The number of para-hydroxylation sites is 1. The summed E-state index contributed by atoms with van der Waals surface area (Å²) in [5.41, 5.74) is 0.717. The lowest BCUT2D eigenvalue weighted by Crippen LogP contribution is -2.39. The van der Waals surface area contributed by atoms with E-state index in [1.807, 2.05) is 6.92 Å². The summed E-state index contributed by atoms with van der Waals surface area (Å²) in [7, 11) is -3.84. The van der Waals surface area contributed by atoms with E-state index >= 15 is 0 Å². The molecule has 9 heteroatoms. The van der Waals surface area contributed by atoms with E-state index < -0.39 is 15.9 Å². The van der Waals surface area contributed by atoms with Crippen molar-refractivity contribution in [1.29, 1.82) is 0 Å². The first-order valence-corrected chi connectivity index (χ1v) is 12.1. The molecule has 2 amide bonds. The van der Waals surface area contributed by atoms with Crippen molar-refractivity contribution < 1.29 is 18.0 Å². The molecule has 7 nitrogen and oxygen atoms in total. The van der Waals surface area contributed by atoms with Crippen LogP contribution in [0, 0.1) is 5.92 Å². The number of benzene rings is 2. The van der Waals surface area contributed by atoms with Gasteiger partial charge in [0.2, 0.25) is 10.0 Å². The average molecular weight is 476 g/mol. The van der Waals surface area contributed by atoms with Crippen LogP contribution in [0.5, 0.6) is 0 Å². The van der Waals surface area contributed by atoms with Gasteiger partial charge in [0.1, 0.15) is 4.90 Å². The van der Waals surface area contributed by atoms with Gasteiger partial charge in [0.15, 0.2) is 0 Å². The highest BCUT2D eigenvalue weighted by Gasteiger charge is 2.31. The van der Waals surface area contributed by atoms with E-state index in [4.69, 9.17) is 11.6 Å². The van der Waals surface area contributed by atoms with Gasteiger partial charge in [0.05, 0.1) is 16.3 Å². The van der Waals surface area contributed by atoms with Crippen LogP contribution < -0.4 is 10.6 Å². The lowest BCUT2D eigenvalue weighted by Gasteiger charge is -2.30. The standard InChI is InChI=1S/C23H26ClN3O4S/c1-3-12-25-23(29)18-8-4-5-9-20(18)26-22(28)17-10-11-19(24)21(14-17)32(30,31)27-13-6-7-16(2)15-27/h3-5,8-11,14,16H,1,6-7,12-13,15H2,2H3,(H,25,29)(H,26,28). The number of hydrogen-bond donors (Lipinski definition) is 2. The molecule has 0 aliphatic carbocycles. The van der Waals surface area contributed by atoms with Crippen molar-refractivity contribution in [2.45, 2.75) is 24.7 Å². The van der Waals surface area contributed by atoms with Crippen LogP contribution in [0.3, 0.4) is 0 Å². The molecule has 0 radical (unpaired) electrons. The molecule has 170 valence electrons. The number of carbonyl (C=O) groups excluding carboxylic acids is 2. The second-order valence-corrected chi connectivity index (χ2v) is 10.1. The predicted molar refractivity (Wildman–Crippen MR) is 126 cm³/mol. The molecule has 1 fully saturated rings. The van der Waals surface area contributed by atoms with E-state index in [9.17, 15) is 18.0 Å². The summed E-state index contributed by atoms with van der Waals surface area (Å²) >= 11 is 6.22. The molecule has 1 aliphatic heterocycles. The first-order chi connectivity index (χ1) is 15.2. The van der Waals surface area contributed by atoms with Gasteiger partial charge in [-0.15, -0.1) is 6.58 Å². The van der Waals surface area contributed by atoms with E-state index in [0.717, 1.165) is 12.8 Å². The Balaban J connectivity index is 1.87. The van der Waals surface area contributed by atoms with Crippen molar-refractivity contribution >= 4 is 39.1 Å². The van der Waals surface area contributed by atoms with Gasteiger partial charge in [-0.25, -0.2) is 8.42 Å². The van der Waals surface area contributed by atoms with E-state index in [0.29, 0.717) is 18.8 Å². The van der Waals surface area contributed by atoms with Gasteiger partial charge in [0.25, 0.3) is 11.8 Å². The van der Waals surface area contributed by atoms with Gasteiger partial charge in [-0.05, 0) is 49.1 Å². The molecule has 2 aromatic rings. The number of piperidine rings is 1. The quantitative estimate of drug-likeness (QED) is 0.593. The third-order valence-electron chi connectivity index (χ3n) is 5.26. The number of halogens is 1. The maximum Gasteiger partial charge on any atom is 0.255 e. The summed E-state index contributed by atoms with van der Waals surface area (Å²) in [4.78, 5) is 25.2. The molecular formula is C23H26ClN3O4S. The summed E-state index contributed by atoms with van der Waals surface area (Å²) in [6.45, 7) is 6.70. The third kappa shape index (κ3) is 5.38. The average Bonchev–Trinajstić information content (AvgIpc) is 2.78. The molecule has 1 aliphatic rings. The molecule has 3 rings (SSSR count). The molecule has 1 saturated heterocycles. The van der Waals surface area contributed by atoms with Gasteiger partial charge >= 0.3 is 0 Å². The Morgan fingerprint density at radius 3 is 2.69 bits per heavy atom. The Morgan fingerprint density at radius 1 is 1.22 bits per heavy atom. The Bertz CT molecular complexity index is 1130. The van der Waals surface area contributed by atoms with E-state index in [1.54, 1.807) is 30.3 Å².